The van der Waals surface area contributed by atoms with Gasteiger partial charge in [-0.2, -0.15) is 5.10 Å². The maximum absolute atomic E-state index is 9.94. The normalized spacial score (nSPS) is 12.2. The molecule has 1 atom stereocenters. The number of methoxy groups -OCH3 is 1. The molecule has 7 heteroatoms. The van der Waals surface area contributed by atoms with Crippen LogP contribution in [0.25, 0.3) is 5.69 Å². The van der Waals surface area contributed by atoms with Gasteiger partial charge in [0, 0.05) is 18.1 Å². The summed E-state index contributed by atoms with van der Waals surface area (Å²) < 4.78 is 13.4. The van der Waals surface area contributed by atoms with Crippen LogP contribution in [0.1, 0.15) is 31.5 Å². The summed E-state index contributed by atoms with van der Waals surface area (Å²) in [7, 11) is 1.63. The summed E-state index contributed by atoms with van der Waals surface area (Å²) in [6, 6.07) is 15.0. The quantitative estimate of drug-likeness (QED) is 0.465. The van der Waals surface area contributed by atoms with Gasteiger partial charge < -0.3 is 14.6 Å². The molecule has 6 nitrogen and oxygen atoms in total. The monoisotopic (exact) mass is 443 g/mol. The number of rotatable bonds is 10. The van der Waals surface area contributed by atoms with Crippen molar-refractivity contribution in [2.24, 2.45) is 0 Å². The fourth-order valence-electron chi connectivity index (χ4n) is 3.51. The minimum absolute atomic E-state index is 0.416. The van der Waals surface area contributed by atoms with Crippen molar-refractivity contribution in [3.8, 4) is 23.1 Å². The molecule has 166 valence electrons. The summed E-state index contributed by atoms with van der Waals surface area (Å²) >= 11 is 6.24. The molecule has 31 heavy (non-hydrogen) atoms. The number of ether oxygens (including phenoxy) is 2. The fourth-order valence-corrected chi connectivity index (χ4v) is 3.70. The number of hydrogen-bond donors (Lipinski definition) is 1. The second-order valence-electron chi connectivity index (χ2n) is 7.62. The van der Waals surface area contributed by atoms with Gasteiger partial charge in [-0.1, -0.05) is 24.6 Å². The zero-order chi connectivity index (χ0) is 22.4. The van der Waals surface area contributed by atoms with Crippen LogP contribution < -0.4 is 9.47 Å². The average Bonchev–Trinajstić information content (AvgIpc) is 3.04. The molecule has 0 saturated carbocycles. The fraction of sp³-hybridized carbons (Fsp3) is 0.375. The molecule has 0 unspecified atom stereocenters. The number of benzene rings is 2. The third-order valence-electron chi connectivity index (χ3n) is 4.91. The first kappa shape index (κ1) is 23.1. The van der Waals surface area contributed by atoms with Crippen molar-refractivity contribution in [2.45, 2.75) is 39.8 Å². The van der Waals surface area contributed by atoms with E-state index in [-0.39, 0.29) is 0 Å². The highest BCUT2D eigenvalue weighted by atomic mass is 35.5. The Labute approximate surface area is 189 Å². The molecular formula is C24H30ClN3O3. The molecule has 0 spiro atoms. The molecule has 0 aliphatic carbocycles. The Morgan fingerprint density at radius 2 is 1.87 bits per heavy atom. The number of hydrogen-bond acceptors (Lipinski definition) is 5. The first-order valence-electron chi connectivity index (χ1n) is 10.5. The van der Waals surface area contributed by atoms with Gasteiger partial charge in [-0.05, 0) is 69.3 Å². The lowest BCUT2D eigenvalue weighted by atomic mass is 10.2. The highest BCUT2D eigenvalue weighted by Crippen LogP contribution is 2.33. The maximum atomic E-state index is 9.94. The standard InChI is InChI=1S/C24H30ClN3O3/c1-5-13-27(15-17(2)29)16-23-18(3)26-28(20-8-6-7-19(25)14-20)24(23)31-22-11-9-21(30-4)10-12-22/h6-12,14,17,29H,5,13,15-16H2,1-4H3/t17-/m1/s1. The Morgan fingerprint density at radius 1 is 1.16 bits per heavy atom. The van der Waals surface area contributed by atoms with Gasteiger partial charge in [0.25, 0.3) is 0 Å². The SMILES string of the molecule is CCCN(Cc1c(C)nn(-c2cccc(Cl)c2)c1Oc1ccc(OC)cc1)C[C@@H](C)O. The van der Waals surface area contributed by atoms with Crippen molar-refractivity contribution in [2.75, 3.05) is 20.2 Å². The third-order valence-corrected chi connectivity index (χ3v) is 5.14. The first-order valence-corrected chi connectivity index (χ1v) is 10.9. The lowest BCUT2D eigenvalue weighted by Gasteiger charge is -2.23. The Kier molecular flexibility index (Phi) is 7.96. The van der Waals surface area contributed by atoms with Crippen LogP contribution in [0.15, 0.2) is 48.5 Å². The Morgan fingerprint density at radius 3 is 2.48 bits per heavy atom. The van der Waals surface area contributed by atoms with Crippen molar-refractivity contribution >= 4 is 11.6 Å². The lowest BCUT2D eigenvalue weighted by molar-refractivity contribution is 0.122. The average molecular weight is 444 g/mol. The predicted octanol–water partition coefficient (Wildman–Crippen LogP) is 5.23. The van der Waals surface area contributed by atoms with Crippen molar-refractivity contribution in [1.82, 2.24) is 14.7 Å². The van der Waals surface area contributed by atoms with Crippen molar-refractivity contribution < 1.29 is 14.6 Å². The van der Waals surface area contributed by atoms with Crippen molar-refractivity contribution in [3.63, 3.8) is 0 Å². The zero-order valence-corrected chi connectivity index (χ0v) is 19.3. The van der Waals surface area contributed by atoms with E-state index >= 15 is 0 Å². The van der Waals surface area contributed by atoms with Crippen LogP contribution in [0.2, 0.25) is 5.02 Å². The molecule has 0 saturated heterocycles. The largest absolute Gasteiger partial charge is 0.497 e. The summed E-state index contributed by atoms with van der Waals surface area (Å²) in [5.74, 6) is 2.08. The molecule has 1 aromatic heterocycles. The van der Waals surface area contributed by atoms with Crippen molar-refractivity contribution in [1.29, 1.82) is 0 Å². The van der Waals surface area contributed by atoms with Crippen LogP contribution in [-0.4, -0.2) is 46.1 Å². The minimum atomic E-state index is -0.416. The Hall–Kier alpha value is -2.54. The topological polar surface area (TPSA) is 59.8 Å². The highest BCUT2D eigenvalue weighted by Gasteiger charge is 2.22. The molecule has 0 bridgehead atoms. The van der Waals surface area contributed by atoms with Gasteiger partial charge in [0.2, 0.25) is 5.88 Å². The van der Waals surface area contributed by atoms with Crippen LogP contribution in [0.4, 0.5) is 0 Å². The highest BCUT2D eigenvalue weighted by molar-refractivity contribution is 6.30. The smallest absolute Gasteiger partial charge is 0.227 e. The van der Waals surface area contributed by atoms with Gasteiger partial charge in [0.15, 0.2) is 0 Å². The summed E-state index contributed by atoms with van der Waals surface area (Å²) in [6.45, 7) is 7.98. The molecule has 3 aromatic rings. The number of aromatic nitrogens is 2. The second kappa shape index (κ2) is 10.7. The molecule has 0 fully saturated rings. The number of aliphatic hydroxyl groups excluding tert-OH is 1. The third kappa shape index (κ3) is 6.00. The Bertz CT molecular complexity index is 986. The molecule has 1 heterocycles. The van der Waals surface area contributed by atoms with E-state index in [2.05, 4.69) is 11.8 Å². The number of nitrogens with zero attached hydrogens (tertiary/aromatic N) is 3. The van der Waals surface area contributed by atoms with Gasteiger partial charge >= 0.3 is 0 Å². The van der Waals surface area contributed by atoms with E-state index in [0.717, 1.165) is 35.7 Å². The van der Waals surface area contributed by atoms with E-state index in [1.165, 1.54) is 0 Å². The second-order valence-corrected chi connectivity index (χ2v) is 8.06. The number of aliphatic hydroxyl groups is 1. The molecule has 0 amide bonds. The molecule has 0 aliphatic heterocycles. The van der Waals surface area contributed by atoms with Gasteiger partial charge in [0.05, 0.1) is 30.2 Å². The van der Waals surface area contributed by atoms with E-state index in [9.17, 15) is 5.11 Å². The van der Waals surface area contributed by atoms with Crippen molar-refractivity contribution in [3.05, 3.63) is 64.8 Å². The minimum Gasteiger partial charge on any atom is -0.497 e. The van der Waals surface area contributed by atoms with E-state index < -0.39 is 6.10 Å². The summed E-state index contributed by atoms with van der Waals surface area (Å²) in [5, 5.41) is 15.3. The summed E-state index contributed by atoms with van der Waals surface area (Å²) in [6.07, 6.45) is 0.573. The van der Waals surface area contributed by atoms with Crippen LogP contribution in [0, 0.1) is 6.92 Å². The lowest BCUT2D eigenvalue weighted by Crippen LogP contribution is -2.31. The Balaban J connectivity index is 2.03. The van der Waals surface area contributed by atoms with E-state index in [1.54, 1.807) is 18.7 Å². The first-order chi connectivity index (χ1) is 14.9. The molecule has 0 radical (unpaired) electrons. The molecule has 0 aliphatic rings. The number of aryl methyl sites for hydroxylation is 1. The van der Waals surface area contributed by atoms with E-state index in [0.29, 0.717) is 29.7 Å². The van der Waals surface area contributed by atoms with Crippen LogP contribution in [-0.2, 0) is 6.54 Å². The zero-order valence-electron chi connectivity index (χ0n) is 18.5. The van der Waals surface area contributed by atoms with Gasteiger partial charge in [0.1, 0.15) is 11.5 Å². The number of halogens is 1. The van der Waals surface area contributed by atoms with Gasteiger partial charge in [-0.25, -0.2) is 4.68 Å². The van der Waals surface area contributed by atoms with Gasteiger partial charge in [-0.15, -0.1) is 0 Å². The molecule has 2 aromatic carbocycles. The molecule has 1 N–H and O–H groups in total. The molecular weight excluding hydrogens is 414 g/mol. The summed E-state index contributed by atoms with van der Waals surface area (Å²) in [4.78, 5) is 2.22. The summed E-state index contributed by atoms with van der Waals surface area (Å²) in [5.41, 5.74) is 2.67. The predicted molar refractivity (Wildman–Crippen MR) is 124 cm³/mol. The van der Waals surface area contributed by atoms with Crippen LogP contribution in [0.5, 0.6) is 17.4 Å². The van der Waals surface area contributed by atoms with Crippen LogP contribution in [0.3, 0.4) is 0 Å². The van der Waals surface area contributed by atoms with Crippen LogP contribution >= 0.6 is 11.6 Å². The maximum Gasteiger partial charge on any atom is 0.227 e. The van der Waals surface area contributed by atoms with Gasteiger partial charge in [-0.3, -0.25) is 4.90 Å². The van der Waals surface area contributed by atoms with E-state index in [1.807, 2.05) is 55.5 Å². The van der Waals surface area contributed by atoms with E-state index in [4.69, 9.17) is 26.2 Å². The molecule has 3 rings (SSSR count).